The number of rotatable bonds is 5. The second-order valence-electron chi connectivity index (χ2n) is 9.20. The lowest BCUT2D eigenvalue weighted by molar-refractivity contribution is 0.102. The van der Waals surface area contributed by atoms with Crippen molar-refractivity contribution in [2.45, 2.75) is 32.1 Å². The maximum absolute atomic E-state index is 15.1. The zero-order chi connectivity index (χ0) is 26.9. The number of ether oxygens (including phenoxy) is 1. The first-order valence-corrected chi connectivity index (χ1v) is 13.3. The number of fused-ring (bicyclic) bond motifs is 3. The average molecular weight is 545 g/mol. The molecule has 0 unspecified atom stereocenters. The standard InChI is InChI=1S/C29H22F2N4O3S/c30-17-8-11-19(12-9-17)35-14-4-6-21(29(35)37)26(36)34-18-10-13-23(22(31)15-18)38-27-25-20-5-2-1-3-7-24(20)39-28(25)33-16-32-27/h4,6,8-16H,1-3,5,7H2,(H,34,36). The molecule has 0 spiro atoms. The van der Waals surface area contributed by atoms with Gasteiger partial charge in [-0.05, 0) is 79.8 Å². The van der Waals surface area contributed by atoms with E-state index in [4.69, 9.17) is 4.74 Å². The molecular weight excluding hydrogens is 522 g/mol. The van der Waals surface area contributed by atoms with Gasteiger partial charge in [-0.25, -0.2) is 18.7 Å². The number of thiophene rings is 1. The number of anilines is 1. The Morgan fingerprint density at radius 2 is 1.82 bits per heavy atom. The van der Waals surface area contributed by atoms with Crippen molar-refractivity contribution in [3.8, 4) is 17.3 Å². The van der Waals surface area contributed by atoms with Crippen molar-refractivity contribution in [1.82, 2.24) is 14.5 Å². The van der Waals surface area contributed by atoms with Gasteiger partial charge in [-0.2, -0.15) is 0 Å². The number of benzene rings is 2. The number of hydrogen-bond donors (Lipinski definition) is 1. The molecule has 1 aliphatic rings. The summed E-state index contributed by atoms with van der Waals surface area (Å²) in [7, 11) is 0. The Morgan fingerprint density at radius 1 is 1.00 bits per heavy atom. The third kappa shape index (κ3) is 4.90. The van der Waals surface area contributed by atoms with E-state index in [0.29, 0.717) is 11.6 Å². The molecule has 3 aromatic heterocycles. The normalized spacial score (nSPS) is 13.1. The van der Waals surface area contributed by atoms with Gasteiger partial charge in [-0.3, -0.25) is 14.2 Å². The molecule has 0 fully saturated rings. The number of aryl methyl sites for hydroxylation is 2. The first-order valence-electron chi connectivity index (χ1n) is 12.5. The van der Waals surface area contributed by atoms with Gasteiger partial charge in [0, 0.05) is 28.5 Å². The summed E-state index contributed by atoms with van der Waals surface area (Å²) in [4.78, 5) is 36.6. The number of halogens is 2. The van der Waals surface area contributed by atoms with Crippen LogP contribution in [0.5, 0.6) is 11.6 Å². The van der Waals surface area contributed by atoms with Gasteiger partial charge < -0.3 is 10.1 Å². The SMILES string of the molecule is O=C(Nc1ccc(Oc2ncnc3sc4c(c23)CCCCC4)c(F)c1)c1cccn(-c2ccc(F)cc2)c1=O. The highest BCUT2D eigenvalue weighted by Gasteiger charge is 2.21. The molecule has 0 aliphatic heterocycles. The van der Waals surface area contributed by atoms with Crippen LogP contribution >= 0.6 is 11.3 Å². The first-order chi connectivity index (χ1) is 19.0. The molecule has 2 aromatic carbocycles. The van der Waals surface area contributed by atoms with E-state index >= 15 is 4.39 Å². The second-order valence-corrected chi connectivity index (χ2v) is 10.3. The molecule has 1 N–H and O–H groups in total. The van der Waals surface area contributed by atoms with Gasteiger partial charge in [0.2, 0.25) is 5.88 Å². The van der Waals surface area contributed by atoms with Crippen LogP contribution in [-0.2, 0) is 12.8 Å². The van der Waals surface area contributed by atoms with Gasteiger partial charge in [0.15, 0.2) is 11.6 Å². The lowest BCUT2D eigenvalue weighted by atomic mass is 10.1. The summed E-state index contributed by atoms with van der Waals surface area (Å²) in [6, 6.07) is 12.2. The predicted molar refractivity (Wildman–Crippen MR) is 145 cm³/mol. The van der Waals surface area contributed by atoms with Crippen molar-refractivity contribution in [3.05, 3.63) is 105 Å². The van der Waals surface area contributed by atoms with Gasteiger partial charge in [-0.15, -0.1) is 11.3 Å². The summed E-state index contributed by atoms with van der Waals surface area (Å²) in [6.07, 6.45) is 8.18. The van der Waals surface area contributed by atoms with E-state index in [9.17, 15) is 14.0 Å². The summed E-state index contributed by atoms with van der Waals surface area (Å²) in [5.41, 5.74) is 0.999. The van der Waals surface area contributed by atoms with E-state index in [1.165, 1.54) is 76.1 Å². The van der Waals surface area contributed by atoms with Crippen LogP contribution in [0, 0.1) is 11.6 Å². The van der Waals surface area contributed by atoms with Gasteiger partial charge in [-0.1, -0.05) is 6.42 Å². The minimum Gasteiger partial charge on any atom is -0.435 e. The number of carbonyl (C=O) groups excluding carboxylic acids is 1. The Bertz CT molecular complexity index is 1770. The molecule has 1 aliphatic carbocycles. The summed E-state index contributed by atoms with van der Waals surface area (Å²) in [5, 5.41) is 3.39. The Hall–Kier alpha value is -4.44. The van der Waals surface area contributed by atoms with E-state index in [1.807, 2.05) is 0 Å². The van der Waals surface area contributed by atoms with E-state index in [0.717, 1.165) is 48.4 Å². The largest absolute Gasteiger partial charge is 0.435 e. The smallest absolute Gasteiger partial charge is 0.267 e. The zero-order valence-electron chi connectivity index (χ0n) is 20.6. The fourth-order valence-electron chi connectivity index (χ4n) is 4.75. The minimum atomic E-state index is -0.706. The Balaban J connectivity index is 1.24. The Kier molecular flexibility index (Phi) is 6.62. The second kappa shape index (κ2) is 10.4. The van der Waals surface area contributed by atoms with E-state index in [-0.39, 0.29) is 17.0 Å². The number of nitrogens with one attached hydrogen (secondary N) is 1. The molecule has 0 bridgehead atoms. The summed E-state index contributed by atoms with van der Waals surface area (Å²) >= 11 is 1.63. The quantitative estimate of drug-likeness (QED) is 0.258. The predicted octanol–water partition coefficient (Wildman–Crippen LogP) is 6.43. The average Bonchev–Trinajstić information content (AvgIpc) is 3.13. The number of aromatic nitrogens is 3. The van der Waals surface area contributed by atoms with Crippen LogP contribution in [0.15, 0.2) is 71.9 Å². The molecule has 196 valence electrons. The lowest BCUT2D eigenvalue weighted by Crippen LogP contribution is -2.27. The Labute approximate surface area is 225 Å². The molecule has 7 nitrogen and oxygen atoms in total. The minimum absolute atomic E-state index is 0.0417. The topological polar surface area (TPSA) is 86.1 Å². The van der Waals surface area contributed by atoms with Crippen LogP contribution in [0.1, 0.15) is 40.1 Å². The molecule has 10 heteroatoms. The lowest BCUT2D eigenvalue weighted by Gasteiger charge is -2.11. The number of amides is 1. The van der Waals surface area contributed by atoms with Crippen molar-refractivity contribution in [2.24, 2.45) is 0 Å². The van der Waals surface area contributed by atoms with Crippen LogP contribution in [0.3, 0.4) is 0 Å². The number of hydrogen-bond acceptors (Lipinski definition) is 6. The number of pyridine rings is 1. The number of carbonyl (C=O) groups is 1. The molecule has 6 rings (SSSR count). The molecule has 0 radical (unpaired) electrons. The van der Waals surface area contributed by atoms with Crippen LogP contribution in [0.25, 0.3) is 15.9 Å². The third-order valence-corrected chi connectivity index (χ3v) is 7.86. The van der Waals surface area contributed by atoms with Crippen molar-refractivity contribution in [3.63, 3.8) is 0 Å². The molecule has 3 heterocycles. The van der Waals surface area contributed by atoms with Crippen LogP contribution in [0.2, 0.25) is 0 Å². The molecular formula is C29H22F2N4O3S. The molecule has 5 aromatic rings. The first kappa shape index (κ1) is 24.9. The zero-order valence-corrected chi connectivity index (χ0v) is 21.4. The van der Waals surface area contributed by atoms with Crippen LogP contribution in [-0.4, -0.2) is 20.4 Å². The van der Waals surface area contributed by atoms with E-state index in [1.54, 1.807) is 11.3 Å². The van der Waals surface area contributed by atoms with E-state index in [2.05, 4.69) is 15.3 Å². The molecule has 0 saturated carbocycles. The molecule has 39 heavy (non-hydrogen) atoms. The third-order valence-electron chi connectivity index (χ3n) is 6.66. The highest BCUT2D eigenvalue weighted by molar-refractivity contribution is 7.18. The van der Waals surface area contributed by atoms with Crippen molar-refractivity contribution in [2.75, 3.05) is 5.32 Å². The van der Waals surface area contributed by atoms with E-state index < -0.39 is 23.1 Å². The summed E-state index contributed by atoms with van der Waals surface area (Å²) < 4.78 is 35.5. The summed E-state index contributed by atoms with van der Waals surface area (Å²) in [6.45, 7) is 0. The Morgan fingerprint density at radius 3 is 2.64 bits per heavy atom. The molecule has 0 saturated heterocycles. The molecule has 0 atom stereocenters. The van der Waals surface area contributed by atoms with Gasteiger partial charge in [0.25, 0.3) is 11.5 Å². The number of nitrogens with zero attached hydrogens (tertiary/aromatic N) is 3. The van der Waals surface area contributed by atoms with Gasteiger partial charge in [0.1, 0.15) is 22.5 Å². The van der Waals surface area contributed by atoms with Crippen molar-refractivity contribution < 1.29 is 18.3 Å². The maximum atomic E-state index is 15.1. The van der Waals surface area contributed by atoms with Gasteiger partial charge >= 0.3 is 0 Å². The van der Waals surface area contributed by atoms with Crippen molar-refractivity contribution >= 4 is 33.1 Å². The van der Waals surface area contributed by atoms with Crippen LogP contribution in [0.4, 0.5) is 14.5 Å². The fourth-order valence-corrected chi connectivity index (χ4v) is 5.97. The van der Waals surface area contributed by atoms with Crippen molar-refractivity contribution in [1.29, 1.82) is 0 Å². The highest BCUT2D eigenvalue weighted by Crippen LogP contribution is 2.40. The van der Waals surface area contributed by atoms with Crippen LogP contribution < -0.4 is 15.6 Å². The summed E-state index contributed by atoms with van der Waals surface area (Å²) in [5.74, 6) is -1.58. The molecule has 1 amide bonds. The highest BCUT2D eigenvalue weighted by atomic mass is 32.1. The van der Waals surface area contributed by atoms with Gasteiger partial charge in [0.05, 0.1) is 5.39 Å². The monoisotopic (exact) mass is 544 g/mol. The maximum Gasteiger partial charge on any atom is 0.267 e. The fraction of sp³-hybridized carbons (Fsp3) is 0.172.